The predicted octanol–water partition coefficient (Wildman–Crippen LogP) is 5.31. The molecule has 1 saturated heterocycles. The molecule has 0 spiro atoms. The molecular formula is C30H33N3O4S. The zero-order valence-corrected chi connectivity index (χ0v) is 22.9. The zero-order valence-electron chi connectivity index (χ0n) is 22.1. The number of benzene rings is 2. The molecule has 3 aliphatic rings. The van der Waals surface area contributed by atoms with E-state index in [9.17, 15) is 9.59 Å². The van der Waals surface area contributed by atoms with E-state index in [1.54, 1.807) is 7.11 Å². The Bertz CT molecular complexity index is 1300. The van der Waals surface area contributed by atoms with Crippen molar-refractivity contribution in [2.75, 3.05) is 27.3 Å². The van der Waals surface area contributed by atoms with Crippen LogP contribution < -0.4 is 4.74 Å². The zero-order chi connectivity index (χ0) is 26.6. The van der Waals surface area contributed by atoms with E-state index < -0.39 is 12.0 Å². The number of hydrogen-bond donors (Lipinski definition) is 0. The maximum absolute atomic E-state index is 13.5. The van der Waals surface area contributed by atoms with Crippen LogP contribution in [-0.4, -0.2) is 54.2 Å². The van der Waals surface area contributed by atoms with Gasteiger partial charge in [-0.05, 0) is 49.1 Å². The Balaban J connectivity index is 1.33. The molecule has 3 aliphatic heterocycles. The second-order valence-electron chi connectivity index (χ2n) is 9.82. The maximum Gasteiger partial charge on any atom is 0.338 e. The highest BCUT2D eigenvalue weighted by molar-refractivity contribution is 8.16. The van der Waals surface area contributed by atoms with E-state index >= 15 is 0 Å². The lowest BCUT2D eigenvalue weighted by Crippen LogP contribution is -2.41. The van der Waals surface area contributed by atoms with Gasteiger partial charge in [-0.25, -0.2) is 9.79 Å². The summed E-state index contributed by atoms with van der Waals surface area (Å²) in [5.41, 5.74) is 4.06. The monoisotopic (exact) mass is 531 g/mol. The maximum atomic E-state index is 13.5. The number of para-hydroxylation sites is 1. The Kier molecular flexibility index (Phi) is 7.88. The van der Waals surface area contributed by atoms with Crippen molar-refractivity contribution in [3.05, 3.63) is 88.1 Å². The number of likely N-dealkylation sites (tertiary alicyclic amines) is 1. The van der Waals surface area contributed by atoms with Gasteiger partial charge in [-0.15, -0.1) is 0 Å². The number of allylic oxidation sites excluding steroid dienone is 1. The van der Waals surface area contributed by atoms with E-state index in [1.165, 1.54) is 24.4 Å². The average Bonchev–Trinajstić information content (AvgIpc) is 3.34. The number of ether oxygens (including phenoxy) is 2. The standard InChI is InChI=1S/C30H33N3O4S/c1-20-27(29(35)37-3)28(24-11-7-8-12-25(24)36-2)33-23(19-38-30(33)31-20)18-26(34)32-15-13-22(14-16-32)17-21-9-5-4-6-10-21/h4-12,19,22,28H,13-18H2,1-3H3. The van der Waals surface area contributed by atoms with Crippen molar-refractivity contribution >= 4 is 28.8 Å². The van der Waals surface area contributed by atoms with Gasteiger partial charge in [-0.3, -0.25) is 4.79 Å². The average molecular weight is 532 g/mol. The Morgan fingerprint density at radius 3 is 2.45 bits per heavy atom. The number of carbonyl (C=O) groups is 2. The number of nitrogens with zero attached hydrogens (tertiary/aromatic N) is 3. The topological polar surface area (TPSA) is 71.4 Å². The van der Waals surface area contributed by atoms with Gasteiger partial charge >= 0.3 is 5.97 Å². The van der Waals surface area contributed by atoms with Crippen LogP contribution in [0.5, 0.6) is 5.75 Å². The van der Waals surface area contributed by atoms with Crippen LogP contribution in [0.2, 0.25) is 0 Å². The van der Waals surface area contributed by atoms with Crippen LogP contribution in [-0.2, 0) is 20.7 Å². The summed E-state index contributed by atoms with van der Waals surface area (Å²) in [5, 5.41) is 2.73. The van der Waals surface area contributed by atoms with Gasteiger partial charge in [0, 0.05) is 24.4 Å². The third kappa shape index (κ3) is 5.23. The molecule has 0 N–H and O–H groups in total. The summed E-state index contributed by atoms with van der Waals surface area (Å²) in [6, 6.07) is 17.7. The van der Waals surface area contributed by atoms with E-state index in [4.69, 9.17) is 14.5 Å². The number of hydrogen-bond acceptors (Lipinski definition) is 7. The molecular weight excluding hydrogens is 498 g/mol. The molecule has 3 heterocycles. The number of aliphatic imine (C=N–C) groups is 1. The van der Waals surface area contributed by atoms with Gasteiger partial charge in [0.1, 0.15) is 5.75 Å². The highest BCUT2D eigenvalue weighted by atomic mass is 32.2. The molecule has 1 unspecified atom stereocenters. The molecule has 0 bridgehead atoms. The summed E-state index contributed by atoms with van der Waals surface area (Å²) in [6.45, 7) is 3.35. The van der Waals surface area contributed by atoms with Crippen molar-refractivity contribution in [2.45, 2.75) is 38.6 Å². The van der Waals surface area contributed by atoms with Gasteiger partial charge in [-0.1, -0.05) is 60.3 Å². The minimum Gasteiger partial charge on any atom is -0.496 e. The number of thioether (sulfide) groups is 1. The van der Waals surface area contributed by atoms with Crippen LogP contribution in [0.15, 0.2) is 82.0 Å². The van der Waals surface area contributed by atoms with Crippen molar-refractivity contribution in [1.29, 1.82) is 0 Å². The predicted molar refractivity (Wildman–Crippen MR) is 149 cm³/mol. The number of amides is 1. The first-order valence-corrected chi connectivity index (χ1v) is 13.9. The van der Waals surface area contributed by atoms with Crippen molar-refractivity contribution in [3.8, 4) is 5.75 Å². The van der Waals surface area contributed by atoms with E-state index in [0.717, 1.165) is 48.8 Å². The number of fused-ring (bicyclic) bond motifs is 1. The fourth-order valence-electron chi connectivity index (χ4n) is 5.53. The number of carbonyl (C=O) groups excluding carboxylic acids is 2. The van der Waals surface area contributed by atoms with Crippen LogP contribution in [0.4, 0.5) is 0 Å². The van der Waals surface area contributed by atoms with Crippen LogP contribution >= 0.6 is 11.8 Å². The van der Waals surface area contributed by atoms with Crippen molar-refractivity contribution in [3.63, 3.8) is 0 Å². The second-order valence-corrected chi connectivity index (χ2v) is 10.7. The first-order chi connectivity index (χ1) is 18.5. The summed E-state index contributed by atoms with van der Waals surface area (Å²) in [6.07, 6.45) is 3.31. The number of piperidine rings is 1. The quantitative estimate of drug-likeness (QED) is 0.451. The van der Waals surface area contributed by atoms with E-state index in [0.29, 0.717) is 22.9 Å². The lowest BCUT2D eigenvalue weighted by atomic mass is 9.90. The summed E-state index contributed by atoms with van der Waals surface area (Å²) >= 11 is 1.48. The van der Waals surface area contributed by atoms with Crippen molar-refractivity contribution < 1.29 is 19.1 Å². The highest BCUT2D eigenvalue weighted by Crippen LogP contribution is 2.47. The minimum absolute atomic E-state index is 0.0981. The first kappa shape index (κ1) is 26.1. The molecule has 38 heavy (non-hydrogen) atoms. The van der Waals surface area contributed by atoms with E-state index in [2.05, 4.69) is 24.3 Å². The Labute approximate surface area is 228 Å². The molecule has 1 fully saturated rings. The largest absolute Gasteiger partial charge is 0.496 e. The molecule has 0 aliphatic carbocycles. The van der Waals surface area contributed by atoms with Gasteiger partial charge in [-0.2, -0.15) is 0 Å². The van der Waals surface area contributed by atoms with Gasteiger partial charge < -0.3 is 19.3 Å². The van der Waals surface area contributed by atoms with E-state index in [-0.39, 0.29) is 12.3 Å². The van der Waals surface area contributed by atoms with Crippen molar-refractivity contribution in [1.82, 2.24) is 9.80 Å². The van der Waals surface area contributed by atoms with Crippen LogP contribution in [0, 0.1) is 5.92 Å². The molecule has 2 aromatic rings. The Hall–Kier alpha value is -3.52. The lowest BCUT2D eigenvalue weighted by Gasteiger charge is -2.37. The lowest BCUT2D eigenvalue weighted by molar-refractivity contribution is -0.136. The number of rotatable bonds is 7. The number of esters is 1. The molecule has 1 atom stereocenters. The van der Waals surface area contributed by atoms with Gasteiger partial charge in [0.2, 0.25) is 5.91 Å². The number of methoxy groups -OCH3 is 2. The Morgan fingerprint density at radius 1 is 1.03 bits per heavy atom. The molecule has 7 nitrogen and oxygen atoms in total. The molecule has 1 amide bonds. The smallest absolute Gasteiger partial charge is 0.338 e. The minimum atomic E-state index is -0.503. The molecule has 0 radical (unpaired) electrons. The highest BCUT2D eigenvalue weighted by Gasteiger charge is 2.42. The first-order valence-electron chi connectivity index (χ1n) is 13.0. The Morgan fingerprint density at radius 2 is 1.74 bits per heavy atom. The second kappa shape index (κ2) is 11.5. The van der Waals surface area contributed by atoms with Gasteiger partial charge in [0.25, 0.3) is 0 Å². The molecule has 0 saturated carbocycles. The molecule has 8 heteroatoms. The van der Waals surface area contributed by atoms with E-state index in [1.807, 2.05) is 52.5 Å². The van der Waals surface area contributed by atoms with Crippen LogP contribution in [0.25, 0.3) is 0 Å². The van der Waals surface area contributed by atoms with Gasteiger partial charge in [0.05, 0.1) is 38.0 Å². The molecule has 5 rings (SSSR count). The van der Waals surface area contributed by atoms with Gasteiger partial charge in [0.15, 0.2) is 5.17 Å². The summed E-state index contributed by atoms with van der Waals surface area (Å²) in [7, 11) is 2.99. The fraction of sp³-hybridized carbons (Fsp3) is 0.367. The van der Waals surface area contributed by atoms with Crippen LogP contribution in [0.3, 0.4) is 0 Å². The number of amidine groups is 1. The molecule has 0 aromatic heterocycles. The van der Waals surface area contributed by atoms with Crippen LogP contribution in [0.1, 0.15) is 43.4 Å². The molecule has 198 valence electrons. The molecule has 2 aromatic carbocycles. The summed E-state index contributed by atoms with van der Waals surface area (Å²) in [4.78, 5) is 35.1. The normalized spacial score (nSPS) is 19.6. The summed E-state index contributed by atoms with van der Waals surface area (Å²) < 4.78 is 10.8. The third-order valence-electron chi connectivity index (χ3n) is 7.51. The third-order valence-corrected chi connectivity index (χ3v) is 8.39. The SMILES string of the molecule is COC(=O)C1=C(C)N=C2SC=C(CC(=O)N3CCC(Cc4ccccc4)CC3)N2C1c1ccccc1OC. The fourth-order valence-corrected chi connectivity index (χ4v) is 6.49. The van der Waals surface area contributed by atoms with Crippen molar-refractivity contribution in [2.24, 2.45) is 10.9 Å². The summed E-state index contributed by atoms with van der Waals surface area (Å²) in [5.74, 6) is 0.912.